The molecule has 0 spiro atoms. The highest BCUT2D eigenvalue weighted by atomic mass is 16.5. The molecule has 1 rings (SSSR count). The normalized spacial score (nSPS) is 10.3. The predicted octanol–water partition coefficient (Wildman–Crippen LogP) is 0.608. The van der Waals surface area contributed by atoms with Gasteiger partial charge in [0.15, 0.2) is 0 Å². The van der Waals surface area contributed by atoms with Crippen molar-refractivity contribution in [3.05, 3.63) is 18.1 Å². The summed E-state index contributed by atoms with van der Waals surface area (Å²) in [5.74, 6) is 6.07. The second-order valence-corrected chi connectivity index (χ2v) is 3.23. The van der Waals surface area contributed by atoms with Crippen LogP contribution in [0.25, 0.3) is 0 Å². The fourth-order valence-electron chi connectivity index (χ4n) is 0.725. The van der Waals surface area contributed by atoms with Crippen molar-refractivity contribution < 1.29 is 9.84 Å². The van der Waals surface area contributed by atoms with Crippen LogP contribution in [-0.2, 0) is 0 Å². The Morgan fingerprint density at radius 2 is 2.21 bits per heavy atom. The summed E-state index contributed by atoms with van der Waals surface area (Å²) >= 11 is 0. The highest BCUT2D eigenvalue weighted by Gasteiger charge is 2.06. The van der Waals surface area contributed by atoms with E-state index < -0.39 is 5.60 Å². The SMILES string of the molecule is COc1ccnc(C#CC(C)(C)O)n1. The van der Waals surface area contributed by atoms with Crippen LogP contribution in [0.4, 0.5) is 0 Å². The molecule has 4 heteroatoms. The van der Waals surface area contributed by atoms with Crippen molar-refractivity contribution >= 4 is 0 Å². The Balaban J connectivity index is 2.90. The number of rotatable bonds is 1. The predicted molar refractivity (Wildman–Crippen MR) is 51.8 cm³/mol. The number of hydrogen-bond acceptors (Lipinski definition) is 4. The van der Waals surface area contributed by atoms with Gasteiger partial charge in [-0.3, -0.25) is 0 Å². The molecule has 0 radical (unpaired) electrons. The van der Waals surface area contributed by atoms with Crippen molar-refractivity contribution in [3.8, 4) is 17.7 Å². The summed E-state index contributed by atoms with van der Waals surface area (Å²) in [6.45, 7) is 3.19. The van der Waals surface area contributed by atoms with Gasteiger partial charge in [0.05, 0.1) is 7.11 Å². The van der Waals surface area contributed by atoms with Crippen LogP contribution in [0.5, 0.6) is 5.88 Å². The van der Waals surface area contributed by atoms with Gasteiger partial charge in [-0.15, -0.1) is 0 Å². The third-order valence-corrected chi connectivity index (χ3v) is 1.32. The molecule has 0 atom stereocenters. The highest BCUT2D eigenvalue weighted by molar-refractivity contribution is 5.26. The maximum absolute atomic E-state index is 9.35. The van der Waals surface area contributed by atoms with Gasteiger partial charge >= 0.3 is 0 Å². The van der Waals surface area contributed by atoms with Crippen molar-refractivity contribution in [2.24, 2.45) is 0 Å². The molecule has 1 N–H and O–H groups in total. The molecule has 0 aliphatic carbocycles. The number of aromatic nitrogens is 2. The molecule has 0 saturated heterocycles. The molecule has 0 saturated carbocycles. The Bertz CT molecular complexity index is 372. The van der Waals surface area contributed by atoms with E-state index in [1.54, 1.807) is 26.1 Å². The lowest BCUT2D eigenvalue weighted by Gasteiger charge is -2.05. The Hall–Kier alpha value is -1.60. The summed E-state index contributed by atoms with van der Waals surface area (Å²) in [7, 11) is 1.52. The molecule has 1 aromatic heterocycles. The maximum Gasteiger partial charge on any atom is 0.217 e. The second-order valence-electron chi connectivity index (χ2n) is 3.23. The number of ether oxygens (including phenoxy) is 1. The number of methoxy groups -OCH3 is 1. The first kappa shape index (κ1) is 10.5. The van der Waals surface area contributed by atoms with Crippen LogP contribution in [0.1, 0.15) is 19.7 Å². The molecule has 0 bridgehead atoms. The third kappa shape index (κ3) is 3.42. The lowest BCUT2D eigenvalue weighted by molar-refractivity contribution is 0.143. The van der Waals surface area contributed by atoms with Crippen molar-refractivity contribution in [1.29, 1.82) is 0 Å². The van der Waals surface area contributed by atoms with Crippen molar-refractivity contribution in [3.63, 3.8) is 0 Å². The second kappa shape index (κ2) is 4.07. The molecule has 0 amide bonds. The first-order valence-corrected chi connectivity index (χ1v) is 4.14. The van der Waals surface area contributed by atoms with E-state index in [0.717, 1.165) is 0 Å². The van der Waals surface area contributed by atoms with Gasteiger partial charge < -0.3 is 9.84 Å². The van der Waals surface area contributed by atoms with E-state index in [9.17, 15) is 5.11 Å². The lowest BCUT2D eigenvalue weighted by Crippen LogP contribution is -2.14. The van der Waals surface area contributed by atoms with Gasteiger partial charge in [0.1, 0.15) is 5.60 Å². The molecule has 1 heterocycles. The summed E-state index contributed by atoms with van der Waals surface area (Å²) in [5, 5.41) is 9.35. The zero-order chi connectivity index (χ0) is 10.6. The monoisotopic (exact) mass is 192 g/mol. The first-order valence-electron chi connectivity index (χ1n) is 4.14. The van der Waals surface area contributed by atoms with Crippen molar-refractivity contribution in [2.75, 3.05) is 7.11 Å². The zero-order valence-electron chi connectivity index (χ0n) is 8.40. The van der Waals surface area contributed by atoms with E-state index in [1.165, 1.54) is 7.11 Å². The van der Waals surface area contributed by atoms with Gasteiger partial charge in [-0.2, -0.15) is 4.98 Å². The Labute approximate surface area is 83.0 Å². The number of hydrogen-bond donors (Lipinski definition) is 1. The first-order chi connectivity index (χ1) is 6.51. The van der Waals surface area contributed by atoms with E-state index in [4.69, 9.17) is 4.74 Å². The van der Waals surface area contributed by atoms with Gasteiger partial charge in [0.25, 0.3) is 0 Å². The van der Waals surface area contributed by atoms with E-state index >= 15 is 0 Å². The molecular weight excluding hydrogens is 180 g/mol. The van der Waals surface area contributed by atoms with Crippen LogP contribution in [0.15, 0.2) is 12.3 Å². The maximum atomic E-state index is 9.35. The van der Waals surface area contributed by atoms with Crippen LogP contribution in [0.3, 0.4) is 0 Å². The molecule has 1 aromatic rings. The summed E-state index contributed by atoms with van der Waals surface area (Å²) in [5.41, 5.74) is -1.04. The molecule has 0 fully saturated rings. The fraction of sp³-hybridized carbons (Fsp3) is 0.400. The minimum Gasteiger partial charge on any atom is -0.481 e. The zero-order valence-corrected chi connectivity index (χ0v) is 8.40. The molecule has 4 nitrogen and oxygen atoms in total. The molecule has 0 unspecified atom stereocenters. The Morgan fingerprint density at radius 1 is 1.50 bits per heavy atom. The van der Waals surface area contributed by atoms with Crippen LogP contribution in [0, 0.1) is 11.8 Å². The van der Waals surface area contributed by atoms with Gasteiger partial charge in [-0.1, -0.05) is 5.92 Å². The molecule has 0 aliphatic rings. The number of aliphatic hydroxyl groups is 1. The van der Waals surface area contributed by atoms with Crippen LogP contribution in [0.2, 0.25) is 0 Å². The van der Waals surface area contributed by atoms with E-state index in [0.29, 0.717) is 11.7 Å². The average molecular weight is 192 g/mol. The molecule has 0 aromatic carbocycles. The highest BCUT2D eigenvalue weighted by Crippen LogP contribution is 2.03. The van der Waals surface area contributed by atoms with Gasteiger partial charge in [0, 0.05) is 12.3 Å². The quantitative estimate of drug-likeness (QED) is 0.662. The standard InChI is InChI=1S/C10H12N2O2/c1-10(2,13)6-4-8-11-7-5-9(12-8)14-3/h5,7,13H,1-3H3. The van der Waals surface area contributed by atoms with Crippen LogP contribution < -0.4 is 4.74 Å². The van der Waals surface area contributed by atoms with E-state index in [1.807, 2.05) is 0 Å². The molecule has 74 valence electrons. The third-order valence-electron chi connectivity index (χ3n) is 1.32. The average Bonchev–Trinajstić information content (AvgIpc) is 2.14. The summed E-state index contributed by atoms with van der Waals surface area (Å²) < 4.78 is 4.91. The minimum absolute atomic E-state index is 0.339. The number of nitrogens with zero attached hydrogens (tertiary/aromatic N) is 2. The Morgan fingerprint density at radius 3 is 2.79 bits per heavy atom. The Kier molecular flexibility index (Phi) is 3.05. The molecule has 0 aliphatic heterocycles. The minimum atomic E-state index is -1.04. The largest absolute Gasteiger partial charge is 0.481 e. The lowest BCUT2D eigenvalue weighted by atomic mass is 10.1. The van der Waals surface area contributed by atoms with E-state index in [-0.39, 0.29) is 0 Å². The van der Waals surface area contributed by atoms with Crippen LogP contribution >= 0.6 is 0 Å². The van der Waals surface area contributed by atoms with E-state index in [2.05, 4.69) is 21.8 Å². The van der Waals surface area contributed by atoms with Gasteiger partial charge in [-0.05, 0) is 19.8 Å². The van der Waals surface area contributed by atoms with Crippen molar-refractivity contribution in [1.82, 2.24) is 9.97 Å². The van der Waals surface area contributed by atoms with Crippen molar-refractivity contribution in [2.45, 2.75) is 19.4 Å². The molecular formula is C10H12N2O2. The summed E-state index contributed by atoms with van der Waals surface area (Å²) in [4.78, 5) is 7.89. The van der Waals surface area contributed by atoms with Crippen LogP contribution in [-0.4, -0.2) is 27.8 Å². The topological polar surface area (TPSA) is 55.2 Å². The van der Waals surface area contributed by atoms with Gasteiger partial charge in [-0.25, -0.2) is 4.98 Å². The summed E-state index contributed by atoms with van der Waals surface area (Å²) in [6.07, 6.45) is 1.56. The van der Waals surface area contributed by atoms with Gasteiger partial charge in [0.2, 0.25) is 11.7 Å². The summed E-state index contributed by atoms with van der Waals surface area (Å²) in [6, 6.07) is 1.63. The molecule has 14 heavy (non-hydrogen) atoms. The smallest absolute Gasteiger partial charge is 0.217 e. The fourth-order valence-corrected chi connectivity index (χ4v) is 0.725.